The van der Waals surface area contributed by atoms with Crippen LogP contribution in [0.15, 0.2) is 23.1 Å². The zero-order chi connectivity index (χ0) is 9.84. The van der Waals surface area contributed by atoms with Crippen molar-refractivity contribution in [3.05, 3.63) is 29.3 Å². The number of rotatable bonds is 2. The van der Waals surface area contributed by atoms with Crippen molar-refractivity contribution in [1.29, 1.82) is 5.26 Å². The fraction of sp³-hybridized carbons (Fsp3) is 0.200. The maximum Gasteiger partial charge on any atom is 0.163 e. The van der Waals surface area contributed by atoms with E-state index in [0.717, 1.165) is 0 Å². The molecule has 0 aliphatic heterocycles. The number of thiol groups is 1. The lowest BCUT2D eigenvalue weighted by molar-refractivity contribution is 0.0985. The van der Waals surface area contributed by atoms with Gasteiger partial charge in [0.25, 0.3) is 0 Å². The Labute approximate surface area is 82.6 Å². The number of Topliss-reactive ketones (excluding diaryl/α,β-unsaturated/α-hetero) is 1. The van der Waals surface area contributed by atoms with E-state index in [1.807, 2.05) is 6.07 Å². The quantitative estimate of drug-likeness (QED) is 0.576. The molecule has 0 aliphatic carbocycles. The van der Waals surface area contributed by atoms with Crippen LogP contribution in [0.3, 0.4) is 0 Å². The first-order valence-electron chi connectivity index (χ1n) is 3.95. The first-order valence-corrected chi connectivity index (χ1v) is 4.40. The van der Waals surface area contributed by atoms with E-state index in [1.165, 1.54) is 0 Å². The van der Waals surface area contributed by atoms with Gasteiger partial charge in [-0.2, -0.15) is 5.26 Å². The molecule has 0 bridgehead atoms. The second-order valence-electron chi connectivity index (χ2n) is 2.62. The molecule has 0 atom stereocenters. The molecule has 0 saturated carbocycles. The molecule has 66 valence electrons. The zero-order valence-corrected chi connectivity index (χ0v) is 8.14. The van der Waals surface area contributed by atoms with Gasteiger partial charge < -0.3 is 0 Å². The summed E-state index contributed by atoms with van der Waals surface area (Å²) < 4.78 is 0. The molecule has 0 heterocycles. The average molecular weight is 191 g/mol. The number of carbonyl (C=O) groups is 1. The Morgan fingerprint density at radius 3 is 2.77 bits per heavy atom. The summed E-state index contributed by atoms with van der Waals surface area (Å²) in [6.45, 7) is 1.80. The van der Waals surface area contributed by atoms with E-state index in [1.54, 1.807) is 25.1 Å². The molecule has 13 heavy (non-hydrogen) atoms. The number of carbonyl (C=O) groups excluding carboxylic acids is 1. The van der Waals surface area contributed by atoms with Crippen LogP contribution in [-0.4, -0.2) is 5.78 Å². The highest BCUT2D eigenvalue weighted by Gasteiger charge is 2.07. The summed E-state index contributed by atoms with van der Waals surface area (Å²) in [5.41, 5.74) is 1.11. The molecule has 3 heteroatoms. The molecule has 1 aromatic rings. The lowest BCUT2D eigenvalue weighted by Gasteiger charge is -2.01. The summed E-state index contributed by atoms with van der Waals surface area (Å²) in [6, 6.07) is 6.87. The van der Waals surface area contributed by atoms with Crippen LogP contribution in [0, 0.1) is 11.3 Å². The Morgan fingerprint density at radius 1 is 1.62 bits per heavy atom. The molecule has 0 fully saturated rings. The minimum absolute atomic E-state index is 0.0505. The minimum atomic E-state index is 0.0505. The Bertz CT molecular complexity index is 379. The maximum atomic E-state index is 11.3. The molecule has 2 nitrogen and oxygen atoms in total. The van der Waals surface area contributed by atoms with Crippen LogP contribution < -0.4 is 0 Å². The number of hydrogen-bond donors (Lipinski definition) is 1. The van der Waals surface area contributed by atoms with E-state index in [0.29, 0.717) is 22.4 Å². The topological polar surface area (TPSA) is 40.9 Å². The van der Waals surface area contributed by atoms with Crippen molar-refractivity contribution in [2.45, 2.75) is 18.2 Å². The first-order chi connectivity index (χ1) is 6.19. The average Bonchev–Trinajstić information content (AvgIpc) is 2.16. The number of ketones is 1. The highest BCUT2D eigenvalue weighted by molar-refractivity contribution is 7.80. The molecule has 0 aliphatic rings. The molecule has 0 amide bonds. The number of hydrogen-bond acceptors (Lipinski definition) is 3. The summed E-state index contributed by atoms with van der Waals surface area (Å²) in [5.74, 6) is 0.0505. The summed E-state index contributed by atoms with van der Waals surface area (Å²) >= 11 is 4.14. The van der Waals surface area contributed by atoms with Crippen LogP contribution in [0.5, 0.6) is 0 Å². The molecule has 1 aromatic carbocycles. The monoisotopic (exact) mass is 191 g/mol. The van der Waals surface area contributed by atoms with Gasteiger partial charge in [0.05, 0.1) is 11.6 Å². The van der Waals surface area contributed by atoms with Crippen LogP contribution >= 0.6 is 12.6 Å². The molecule has 0 aromatic heterocycles. The minimum Gasteiger partial charge on any atom is -0.294 e. The van der Waals surface area contributed by atoms with Crippen molar-refractivity contribution in [1.82, 2.24) is 0 Å². The van der Waals surface area contributed by atoms with Crippen molar-refractivity contribution in [3.63, 3.8) is 0 Å². The van der Waals surface area contributed by atoms with Gasteiger partial charge in [0.1, 0.15) is 0 Å². The lowest BCUT2D eigenvalue weighted by atomic mass is 10.1. The summed E-state index contributed by atoms with van der Waals surface area (Å²) in [4.78, 5) is 11.9. The van der Waals surface area contributed by atoms with Gasteiger partial charge in [0.2, 0.25) is 0 Å². The van der Waals surface area contributed by atoms with Gasteiger partial charge in [0, 0.05) is 16.9 Å². The van der Waals surface area contributed by atoms with Crippen LogP contribution in [0.2, 0.25) is 0 Å². The van der Waals surface area contributed by atoms with E-state index >= 15 is 0 Å². The molecule has 0 spiro atoms. The highest BCUT2D eigenvalue weighted by Crippen LogP contribution is 2.17. The Morgan fingerprint density at radius 2 is 2.31 bits per heavy atom. The normalized spacial score (nSPS) is 9.31. The van der Waals surface area contributed by atoms with Crippen LogP contribution in [0.1, 0.15) is 29.3 Å². The van der Waals surface area contributed by atoms with Gasteiger partial charge in [-0.1, -0.05) is 6.92 Å². The third kappa shape index (κ3) is 2.10. The van der Waals surface area contributed by atoms with Crippen molar-refractivity contribution < 1.29 is 4.79 Å². The SMILES string of the molecule is CCC(=O)c1ccc(C#N)cc1S. The number of benzene rings is 1. The highest BCUT2D eigenvalue weighted by atomic mass is 32.1. The van der Waals surface area contributed by atoms with Gasteiger partial charge in [-0.3, -0.25) is 4.79 Å². The fourth-order valence-corrected chi connectivity index (χ4v) is 1.37. The smallest absolute Gasteiger partial charge is 0.163 e. The Hall–Kier alpha value is -1.27. The molecule has 0 saturated heterocycles. The van der Waals surface area contributed by atoms with E-state index in [2.05, 4.69) is 12.6 Å². The first kappa shape index (κ1) is 9.82. The molecular weight excluding hydrogens is 182 g/mol. The second-order valence-corrected chi connectivity index (χ2v) is 3.10. The van der Waals surface area contributed by atoms with E-state index in [9.17, 15) is 4.79 Å². The van der Waals surface area contributed by atoms with E-state index in [-0.39, 0.29) is 5.78 Å². The standard InChI is InChI=1S/C10H9NOS/c1-2-9(12)8-4-3-7(6-11)5-10(8)13/h3-5,13H,2H2,1H3. The van der Waals surface area contributed by atoms with E-state index < -0.39 is 0 Å². The van der Waals surface area contributed by atoms with Gasteiger partial charge >= 0.3 is 0 Å². The number of nitriles is 1. The Balaban J connectivity index is 3.14. The maximum absolute atomic E-state index is 11.3. The van der Waals surface area contributed by atoms with Gasteiger partial charge in [0.15, 0.2) is 5.78 Å². The second kappa shape index (κ2) is 4.11. The van der Waals surface area contributed by atoms with Crippen LogP contribution in [-0.2, 0) is 0 Å². The lowest BCUT2D eigenvalue weighted by Crippen LogP contribution is -1.98. The van der Waals surface area contributed by atoms with Crippen molar-refractivity contribution in [2.75, 3.05) is 0 Å². The molecular formula is C10H9NOS. The van der Waals surface area contributed by atoms with Crippen LogP contribution in [0.4, 0.5) is 0 Å². The van der Waals surface area contributed by atoms with Crippen molar-refractivity contribution in [2.24, 2.45) is 0 Å². The molecule has 0 N–H and O–H groups in total. The van der Waals surface area contributed by atoms with Gasteiger partial charge in [-0.25, -0.2) is 0 Å². The number of nitrogens with zero attached hydrogens (tertiary/aromatic N) is 1. The third-order valence-corrected chi connectivity index (χ3v) is 2.12. The summed E-state index contributed by atoms with van der Waals surface area (Å²) in [6.07, 6.45) is 0.458. The third-order valence-electron chi connectivity index (χ3n) is 1.75. The van der Waals surface area contributed by atoms with Gasteiger partial charge in [-0.05, 0) is 18.2 Å². The molecule has 0 radical (unpaired) electrons. The fourth-order valence-electron chi connectivity index (χ4n) is 1.03. The van der Waals surface area contributed by atoms with Crippen LogP contribution in [0.25, 0.3) is 0 Å². The van der Waals surface area contributed by atoms with Crippen molar-refractivity contribution >= 4 is 18.4 Å². The Kier molecular flexibility index (Phi) is 3.10. The van der Waals surface area contributed by atoms with E-state index in [4.69, 9.17) is 5.26 Å². The summed E-state index contributed by atoms with van der Waals surface area (Å²) in [5, 5.41) is 8.58. The van der Waals surface area contributed by atoms with Gasteiger partial charge in [-0.15, -0.1) is 12.6 Å². The predicted octanol–water partition coefficient (Wildman–Crippen LogP) is 2.44. The largest absolute Gasteiger partial charge is 0.294 e. The molecule has 1 rings (SSSR count). The zero-order valence-electron chi connectivity index (χ0n) is 7.24. The molecule has 0 unspecified atom stereocenters. The van der Waals surface area contributed by atoms with Crippen molar-refractivity contribution in [3.8, 4) is 6.07 Å². The summed E-state index contributed by atoms with van der Waals surface area (Å²) in [7, 11) is 0. The predicted molar refractivity (Wildman–Crippen MR) is 53.0 cm³/mol.